The highest BCUT2D eigenvalue weighted by Gasteiger charge is 2.13. The van der Waals surface area contributed by atoms with Gasteiger partial charge in [-0.3, -0.25) is 9.47 Å². The van der Waals surface area contributed by atoms with Crippen LogP contribution in [0.5, 0.6) is 0 Å². The number of aromatic nitrogens is 2. The quantitative estimate of drug-likeness (QED) is 0.638. The van der Waals surface area contributed by atoms with Gasteiger partial charge in [0.2, 0.25) is 5.82 Å². The van der Waals surface area contributed by atoms with E-state index in [4.69, 9.17) is 0 Å². The van der Waals surface area contributed by atoms with Crippen molar-refractivity contribution in [1.29, 1.82) is 0 Å². The minimum Gasteiger partial charge on any atom is -0.282 e. The predicted octanol–water partition coefficient (Wildman–Crippen LogP) is 1.83. The number of pyridine rings is 2. The van der Waals surface area contributed by atoms with E-state index in [-0.39, 0.29) is 0 Å². The van der Waals surface area contributed by atoms with Crippen LogP contribution >= 0.6 is 0 Å². The lowest BCUT2D eigenvalue weighted by Gasteiger charge is -2.21. The average Bonchev–Trinajstić information content (AvgIpc) is 2.16. The van der Waals surface area contributed by atoms with Gasteiger partial charge in [0, 0.05) is 12.3 Å². The van der Waals surface area contributed by atoms with Crippen molar-refractivity contribution < 1.29 is 0 Å². The highest BCUT2D eigenvalue weighted by Crippen LogP contribution is 2.17. The zero-order chi connectivity index (χ0) is 10.2. The minimum absolute atomic E-state index is 0.727. The molecule has 0 saturated carbocycles. The summed E-state index contributed by atoms with van der Waals surface area (Å²) in [5.41, 5.74) is 1.91. The van der Waals surface area contributed by atoms with E-state index in [0.29, 0.717) is 0 Å². The normalized spacial score (nSPS) is 11.9. The molecule has 2 aromatic heterocycles. The first-order chi connectivity index (χ1) is 6.57. The molecule has 0 amide bonds. The van der Waals surface area contributed by atoms with Gasteiger partial charge in [0.15, 0.2) is 0 Å². The summed E-state index contributed by atoms with van der Waals surface area (Å²) >= 11 is 0. The van der Waals surface area contributed by atoms with Crippen molar-refractivity contribution in [2.75, 3.05) is 21.1 Å². The summed E-state index contributed by atoms with van der Waals surface area (Å²) in [6.07, 6.45) is 1.79. The molecule has 0 bridgehead atoms. The van der Waals surface area contributed by atoms with Crippen LogP contribution in [0.2, 0.25) is 0 Å². The van der Waals surface area contributed by atoms with Gasteiger partial charge in [0.1, 0.15) is 0 Å². The summed E-state index contributed by atoms with van der Waals surface area (Å²) in [5.74, 6) is 1.05. The van der Waals surface area contributed by atoms with Gasteiger partial charge in [0.25, 0.3) is 0 Å². The Morgan fingerprint density at radius 1 is 1.00 bits per heavy atom. The lowest BCUT2D eigenvalue weighted by Crippen LogP contribution is -2.35. The zero-order valence-electron chi connectivity index (χ0n) is 8.73. The van der Waals surface area contributed by atoms with E-state index in [1.54, 1.807) is 6.20 Å². The molecule has 0 fully saturated rings. The molecule has 0 unspecified atom stereocenters. The van der Waals surface area contributed by atoms with Crippen LogP contribution in [0.25, 0.3) is 11.0 Å². The largest absolute Gasteiger partial charge is 0.282 e. The molecule has 0 spiro atoms. The minimum atomic E-state index is 0.727. The fraction of sp³-hybridized carbons (Fsp3) is 0.273. The summed E-state index contributed by atoms with van der Waals surface area (Å²) in [6, 6.07) is 7.94. The Labute approximate surface area is 83.6 Å². The SMILES string of the molecule is C[N+](C)(C)c1ccc2ncccc2n1. The Bertz CT molecular complexity index is 457. The second-order valence-corrected chi connectivity index (χ2v) is 4.22. The number of rotatable bonds is 1. The van der Waals surface area contributed by atoms with Crippen LogP contribution in [0.15, 0.2) is 30.5 Å². The third-order valence-corrected chi connectivity index (χ3v) is 2.13. The van der Waals surface area contributed by atoms with Crippen LogP contribution < -0.4 is 4.48 Å². The molecule has 0 radical (unpaired) electrons. The molecule has 3 heteroatoms. The first-order valence-electron chi connectivity index (χ1n) is 4.61. The van der Waals surface area contributed by atoms with Gasteiger partial charge in [-0.05, 0) is 18.2 Å². The smallest absolute Gasteiger partial charge is 0.227 e. The van der Waals surface area contributed by atoms with E-state index in [2.05, 4.69) is 31.1 Å². The molecule has 72 valence electrons. The highest BCUT2D eigenvalue weighted by molar-refractivity contribution is 5.75. The summed E-state index contributed by atoms with van der Waals surface area (Å²) in [7, 11) is 6.31. The Morgan fingerprint density at radius 2 is 1.79 bits per heavy atom. The summed E-state index contributed by atoms with van der Waals surface area (Å²) in [5, 5.41) is 0. The molecule has 0 aromatic carbocycles. The predicted molar refractivity (Wildman–Crippen MR) is 59.1 cm³/mol. The molecule has 3 nitrogen and oxygen atoms in total. The summed E-state index contributed by atoms with van der Waals surface area (Å²) < 4.78 is 0.727. The summed E-state index contributed by atoms with van der Waals surface area (Å²) in [4.78, 5) is 8.79. The van der Waals surface area contributed by atoms with Crippen LogP contribution in [-0.2, 0) is 0 Å². The van der Waals surface area contributed by atoms with Crippen LogP contribution in [-0.4, -0.2) is 31.1 Å². The molecular formula is C11H14N3+. The first kappa shape index (κ1) is 9.09. The fourth-order valence-corrected chi connectivity index (χ4v) is 1.32. The zero-order valence-corrected chi connectivity index (χ0v) is 8.73. The van der Waals surface area contributed by atoms with Crippen molar-refractivity contribution in [1.82, 2.24) is 14.5 Å². The third kappa shape index (κ3) is 1.59. The Morgan fingerprint density at radius 3 is 2.50 bits per heavy atom. The van der Waals surface area contributed by atoms with E-state index in [9.17, 15) is 0 Å². The van der Waals surface area contributed by atoms with Crippen molar-refractivity contribution in [2.24, 2.45) is 0 Å². The second-order valence-electron chi connectivity index (χ2n) is 4.22. The first-order valence-corrected chi connectivity index (χ1v) is 4.61. The van der Waals surface area contributed by atoms with Crippen molar-refractivity contribution in [3.05, 3.63) is 30.5 Å². The number of hydrogen-bond acceptors (Lipinski definition) is 2. The molecule has 0 aliphatic heterocycles. The topological polar surface area (TPSA) is 25.8 Å². The number of fused-ring (bicyclic) bond motifs is 1. The maximum absolute atomic E-state index is 4.56. The fourth-order valence-electron chi connectivity index (χ4n) is 1.32. The Hall–Kier alpha value is -1.48. The van der Waals surface area contributed by atoms with Gasteiger partial charge in [-0.1, -0.05) is 0 Å². The summed E-state index contributed by atoms with van der Waals surface area (Å²) in [6.45, 7) is 0. The van der Waals surface area contributed by atoms with E-state index in [1.165, 1.54) is 0 Å². The molecule has 0 saturated heterocycles. The van der Waals surface area contributed by atoms with Crippen molar-refractivity contribution >= 4 is 16.9 Å². The molecule has 2 rings (SSSR count). The van der Waals surface area contributed by atoms with Crippen LogP contribution in [0, 0.1) is 0 Å². The number of hydrogen-bond donors (Lipinski definition) is 0. The van der Waals surface area contributed by atoms with Gasteiger partial charge >= 0.3 is 0 Å². The highest BCUT2D eigenvalue weighted by atomic mass is 15.3. The van der Waals surface area contributed by atoms with Gasteiger partial charge in [-0.25, -0.2) is 0 Å². The number of quaternary nitrogens is 1. The molecule has 14 heavy (non-hydrogen) atoms. The third-order valence-electron chi connectivity index (χ3n) is 2.13. The monoisotopic (exact) mass is 188 g/mol. The van der Waals surface area contributed by atoms with E-state index >= 15 is 0 Å². The Kier molecular flexibility index (Phi) is 1.97. The van der Waals surface area contributed by atoms with Crippen LogP contribution in [0.4, 0.5) is 5.82 Å². The Balaban J connectivity index is 2.63. The van der Waals surface area contributed by atoms with Crippen LogP contribution in [0.3, 0.4) is 0 Å². The lowest BCUT2D eigenvalue weighted by molar-refractivity contribution is 0.474. The standard InChI is InChI=1S/C11H14N3/c1-14(2,3)11-7-6-9-10(13-11)5-4-8-12-9/h4-8H,1-3H3/q+1. The van der Waals surface area contributed by atoms with Gasteiger partial charge < -0.3 is 0 Å². The molecular weight excluding hydrogens is 174 g/mol. The van der Waals surface area contributed by atoms with Gasteiger partial charge in [-0.2, -0.15) is 4.98 Å². The van der Waals surface area contributed by atoms with Crippen LogP contribution in [0.1, 0.15) is 0 Å². The maximum Gasteiger partial charge on any atom is 0.227 e. The molecule has 2 aromatic rings. The van der Waals surface area contributed by atoms with E-state index in [1.807, 2.05) is 24.3 Å². The maximum atomic E-state index is 4.56. The van der Waals surface area contributed by atoms with Crippen molar-refractivity contribution in [3.8, 4) is 0 Å². The van der Waals surface area contributed by atoms with Crippen molar-refractivity contribution in [3.63, 3.8) is 0 Å². The van der Waals surface area contributed by atoms with Crippen molar-refractivity contribution in [2.45, 2.75) is 0 Å². The van der Waals surface area contributed by atoms with E-state index < -0.39 is 0 Å². The lowest BCUT2D eigenvalue weighted by atomic mass is 10.3. The molecule has 0 N–H and O–H groups in total. The van der Waals surface area contributed by atoms with E-state index in [0.717, 1.165) is 21.3 Å². The molecule has 0 aliphatic carbocycles. The second kappa shape index (κ2) is 3.03. The molecule has 0 aliphatic rings. The number of nitrogens with zero attached hydrogens (tertiary/aromatic N) is 3. The van der Waals surface area contributed by atoms with Gasteiger partial charge in [-0.15, -0.1) is 0 Å². The molecule has 2 heterocycles. The van der Waals surface area contributed by atoms with Gasteiger partial charge in [0.05, 0.1) is 32.2 Å². The average molecular weight is 188 g/mol. The molecule has 0 atom stereocenters.